The second-order valence-corrected chi connectivity index (χ2v) is 3.16. The summed E-state index contributed by atoms with van der Waals surface area (Å²) in [5, 5.41) is 0. The van der Waals surface area contributed by atoms with Gasteiger partial charge in [-0.05, 0) is 18.9 Å². The Morgan fingerprint density at radius 2 is 2.17 bits per heavy atom. The maximum absolute atomic E-state index is 10.9. The lowest BCUT2D eigenvalue weighted by Crippen LogP contribution is -2.32. The van der Waals surface area contributed by atoms with Crippen LogP contribution in [0.25, 0.3) is 0 Å². The van der Waals surface area contributed by atoms with Gasteiger partial charge in [0.25, 0.3) is 0 Å². The van der Waals surface area contributed by atoms with Gasteiger partial charge in [0, 0.05) is 0 Å². The Hall–Kier alpha value is -0.790. The van der Waals surface area contributed by atoms with Gasteiger partial charge in [-0.2, -0.15) is 0 Å². The number of esters is 1. The summed E-state index contributed by atoms with van der Waals surface area (Å²) in [7, 11) is 0. The number of rotatable bonds is 4. The highest BCUT2D eigenvalue weighted by atomic mass is 16.6. The monoisotopic (exact) mass is 168 g/mol. The summed E-state index contributed by atoms with van der Waals surface area (Å²) in [6, 6.07) is 0. The first-order valence-corrected chi connectivity index (χ1v) is 4.71. The maximum atomic E-state index is 10.9. The first-order valence-electron chi connectivity index (χ1n) is 4.71. The molecule has 1 heterocycles. The van der Waals surface area contributed by atoms with Gasteiger partial charge in [-0.25, -0.2) is 0 Å². The van der Waals surface area contributed by atoms with E-state index in [0.717, 1.165) is 31.4 Å². The number of ether oxygens (including phenoxy) is 1. The molecule has 1 fully saturated rings. The molecule has 0 spiro atoms. The summed E-state index contributed by atoms with van der Waals surface area (Å²) in [6.07, 6.45) is 6.15. The molecule has 0 radical (unpaired) electrons. The fourth-order valence-corrected chi connectivity index (χ4v) is 1.34. The van der Waals surface area contributed by atoms with Crippen molar-refractivity contribution in [1.29, 1.82) is 0 Å². The van der Waals surface area contributed by atoms with Crippen LogP contribution in [0.4, 0.5) is 0 Å². The number of carbonyl (C=O) groups excluding carboxylic acids is 1. The van der Waals surface area contributed by atoms with E-state index in [-0.39, 0.29) is 11.9 Å². The second-order valence-electron chi connectivity index (χ2n) is 3.16. The Morgan fingerprint density at radius 3 is 2.67 bits per heavy atom. The Labute approximate surface area is 73.6 Å². The molecule has 1 saturated heterocycles. The van der Waals surface area contributed by atoms with E-state index in [2.05, 4.69) is 13.8 Å². The van der Waals surface area contributed by atoms with Crippen LogP contribution in [0.3, 0.4) is 0 Å². The van der Waals surface area contributed by atoms with Crippen LogP contribution in [0.5, 0.6) is 0 Å². The van der Waals surface area contributed by atoms with Gasteiger partial charge < -0.3 is 4.74 Å². The molecule has 1 aliphatic rings. The fraction of sp³-hybridized carbons (Fsp3) is 0.700. The first kappa shape index (κ1) is 9.30. The molecule has 0 saturated carbocycles. The number of cyclic esters (lactones) is 1. The number of carbonyl (C=O) groups is 1. The van der Waals surface area contributed by atoms with Crippen LogP contribution in [-0.4, -0.2) is 5.97 Å². The van der Waals surface area contributed by atoms with E-state index >= 15 is 0 Å². The van der Waals surface area contributed by atoms with E-state index in [1.807, 2.05) is 6.08 Å². The molecule has 0 aromatic rings. The third kappa shape index (κ3) is 1.87. The molecule has 0 aromatic carbocycles. The highest BCUT2D eigenvalue weighted by Crippen LogP contribution is 2.30. The van der Waals surface area contributed by atoms with Gasteiger partial charge >= 0.3 is 5.97 Å². The molecule has 1 atom stereocenters. The van der Waals surface area contributed by atoms with Crippen molar-refractivity contribution in [2.24, 2.45) is 5.92 Å². The third-order valence-corrected chi connectivity index (χ3v) is 2.06. The molecule has 68 valence electrons. The number of allylic oxidation sites excluding steroid dienone is 1. The third-order valence-electron chi connectivity index (χ3n) is 2.06. The van der Waals surface area contributed by atoms with Gasteiger partial charge in [-0.3, -0.25) is 4.79 Å². The molecule has 1 unspecified atom stereocenters. The van der Waals surface area contributed by atoms with Gasteiger partial charge in [-0.15, -0.1) is 0 Å². The zero-order valence-corrected chi connectivity index (χ0v) is 7.80. The van der Waals surface area contributed by atoms with E-state index in [1.54, 1.807) is 0 Å². The topological polar surface area (TPSA) is 26.3 Å². The molecule has 0 aliphatic carbocycles. The molecule has 2 heteroatoms. The van der Waals surface area contributed by atoms with Crippen LogP contribution in [0, 0.1) is 5.92 Å². The van der Waals surface area contributed by atoms with Crippen LogP contribution in [-0.2, 0) is 9.53 Å². The fourth-order valence-electron chi connectivity index (χ4n) is 1.34. The predicted octanol–water partition coefficient (Wildman–Crippen LogP) is 2.64. The van der Waals surface area contributed by atoms with Crippen molar-refractivity contribution in [3.8, 4) is 0 Å². The predicted molar refractivity (Wildman–Crippen MR) is 47.5 cm³/mol. The summed E-state index contributed by atoms with van der Waals surface area (Å²) in [5.41, 5.74) is 0. The van der Waals surface area contributed by atoms with E-state index in [9.17, 15) is 4.79 Å². The van der Waals surface area contributed by atoms with Crippen molar-refractivity contribution in [3.05, 3.63) is 11.8 Å². The lowest BCUT2D eigenvalue weighted by atomic mass is 9.96. The number of unbranched alkanes of at least 4 members (excludes halogenated alkanes) is 1. The van der Waals surface area contributed by atoms with E-state index in [4.69, 9.17) is 4.74 Å². The molecule has 0 N–H and O–H groups in total. The zero-order chi connectivity index (χ0) is 8.97. The Balaban J connectivity index is 2.42. The minimum Gasteiger partial charge on any atom is -0.430 e. The lowest BCUT2D eigenvalue weighted by molar-refractivity contribution is -0.157. The van der Waals surface area contributed by atoms with Crippen LogP contribution in [0.1, 0.15) is 39.5 Å². The number of hydrogen-bond acceptors (Lipinski definition) is 2. The van der Waals surface area contributed by atoms with Gasteiger partial charge in [0.15, 0.2) is 0 Å². The SMILES string of the molecule is CCC/C=C1\OC(=O)C1CCC. The smallest absolute Gasteiger partial charge is 0.321 e. The molecule has 0 bridgehead atoms. The van der Waals surface area contributed by atoms with Gasteiger partial charge in [0.05, 0.1) is 0 Å². The van der Waals surface area contributed by atoms with E-state index in [0.29, 0.717) is 0 Å². The van der Waals surface area contributed by atoms with Gasteiger partial charge in [0.2, 0.25) is 0 Å². The minimum absolute atomic E-state index is 0.0424. The molecule has 0 aromatic heterocycles. The van der Waals surface area contributed by atoms with Crippen molar-refractivity contribution >= 4 is 5.97 Å². The van der Waals surface area contributed by atoms with E-state index < -0.39 is 0 Å². The average molecular weight is 168 g/mol. The van der Waals surface area contributed by atoms with Gasteiger partial charge in [-0.1, -0.05) is 26.7 Å². The second kappa shape index (κ2) is 4.29. The molecule has 2 nitrogen and oxygen atoms in total. The van der Waals surface area contributed by atoms with Crippen LogP contribution in [0.2, 0.25) is 0 Å². The standard InChI is InChI=1S/C10H16O2/c1-3-5-7-9-8(6-4-2)10(11)12-9/h7-8H,3-6H2,1-2H3/b9-7-. The highest BCUT2D eigenvalue weighted by molar-refractivity contribution is 5.82. The first-order chi connectivity index (χ1) is 5.79. The average Bonchev–Trinajstić information content (AvgIpc) is 2.08. The summed E-state index contributed by atoms with van der Waals surface area (Å²) in [6.45, 7) is 4.20. The van der Waals surface area contributed by atoms with Crippen molar-refractivity contribution in [1.82, 2.24) is 0 Å². The van der Waals surface area contributed by atoms with Crippen LogP contribution < -0.4 is 0 Å². The molecule has 12 heavy (non-hydrogen) atoms. The largest absolute Gasteiger partial charge is 0.430 e. The van der Waals surface area contributed by atoms with Gasteiger partial charge in [0.1, 0.15) is 11.7 Å². The molecular formula is C10H16O2. The Morgan fingerprint density at radius 1 is 1.42 bits per heavy atom. The van der Waals surface area contributed by atoms with Crippen molar-refractivity contribution in [3.63, 3.8) is 0 Å². The molecule has 0 amide bonds. The van der Waals surface area contributed by atoms with E-state index in [1.165, 1.54) is 0 Å². The quantitative estimate of drug-likeness (QED) is 0.603. The summed E-state index contributed by atoms with van der Waals surface area (Å²) in [4.78, 5) is 10.9. The summed E-state index contributed by atoms with van der Waals surface area (Å²) >= 11 is 0. The lowest BCUT2D eigenvalue weighted by Gasteiger charge is -2.27. The Kier molecular flexibility index (Phi) is 3.32. The van der Waals surface area contributed by atoms with Crippen molar-refractivity contribution < 1.29 is 9.53 Å². The summed E-state index contributed by atoms with van der Waals surface area (Å²) in [5.74, 6) is 0.949. The van der Waals surface area contributed by atoms with Crippen molar-refractivity contribution in [2.45, 2.75) is 39.5 Å². The Bertz CT molecular complexity index is 194. The highest BCUT2D eigenvalue weighted by Gasteiger charge is 2.35. The minimum atomic E-state index is -0.0424. The molecule has 1 aliphatic heterocycles. The molecular weight excluding hydrogens is 152 g/mol. The normalized spacial score (nSPS) is 25.3. The number of hydrogen-bond donors (Lipinski definition) is 0. The summed E-state index contributed by atoms with van der Waals surface area (Å²) < 4.78 is 4.93. The van der Waals surface area contributed by atoms with Crippen LogP contribution >= 0.6 is 0 Å². The maximum Gasteiger partial charge on any atom is 0.321 e. The zero-order valence-electron chi connectivity index (χ0n) is 7.80. The van der Waals surface area contributed by atoms with Crippen molar-refractivity contribution in [2.75, 3.05) is 0 Å². The van der Waals surface area contributed by atoms with Crippen LogP contribution in [0.15, 0.2) is 11.8 Å². The molecule has 1 rings (SSSR count).